The number of carbonyl (C=O) groups excluding carboxylic acids is 1. The largest absolute Gasteiger partial charge is 0.494 e. The SMILES string of the molecule is O=C(CCCOc1cccc(Br)c1)NCc1ccc(Cn2ccnc2)cc1. The molecular formula is C21H22BrN3O2. The standard InChI is InChI=1S/C21H22BrN3O2/c22-19-3-1-4-20(13-19)27-12-2-5-21(26)24-14-17-6-8-18(9-7-17)15-25-11-10-23-16-25/h1,3-4,6-11,13,16H,2,5,12,14-15H2,(H,24,26). The molecule has 3 aromatic rings. The van der Waals surface area contributed by atoms with Gasteiger partial charge in [0.25, 0.3) is 0 Å². The number of hydrogen-bond acceptors (Lipinski definition) is 3. The second-order valence-electron chi connectivity index (χ2n) is 6.24. The van der Waals surface area contributed by atoms with E-state index in [2.05, 4.69) is 38.4 Å². The van der Waals surface area contributed by atoms with Crippen LogP contribution in [0.2, 0.25) is 0 Å². The molecule has 1 heterocycles. The summed E-state index contributed by atoms with van der Waals surface area (Å²) in [5.41, 5.74) is 2.29. The summed E-state index contributed by atoms with van der Waals surface area (Å²) < 4.78 is 8.64. The van der Waals surface area contributed by atoms with E-state index < -0.39 is 0 Å². The fraction of sp³-hybridized carbons (Fsp3) is 0.238. The molecule has 27 heavy (non-hydrogen) atoms. The Morgan fingerprint density at radius 3 is 2.70 bits per heavy atom. The summed E-state index contributed by atoms with van der Waals surface area (Å²) in [5.74, 6) is 0.843. The van der Waals surface area contributed by atoms with Crippen LogP contribution in [0.5, 0.6) is 5.75 Å². The normalized spacial score (nSPS) is 10.6. The molecule has 0 saturated carbocycles. The van der Waals surface area contributed by atoms with Crippen molar-refractivity contribution in [2.45, 2.75) is 25.9 Å². The lowest BCUT2D eigenvalue weighted by molar-refractivity contribution is -0.121. The Kier molecular flexibility index (Phi) is 7.04. The zero-order valence-corrected chi connectivity index (χ0v) is 16.6. The van der Waals surface area contributed by atoms with E-state index in [1.165, 1.54) is 5.56 Å². The number of imidazole rings is 1. The van der Waals surface area contributed by atoms with Gasteiger partial charge in [0.05, 0.1) is 12.9 Å². The van der Waals surface area contributed by atoms with Gasteiger partial charge in [0.1, 0.15) is 5.75 Å². The number of nitrogens with one attached hydrogen (secondary N) is 1. The summed E-state index contributed by atoms with van der Waals surface area (Å²) in [5, 5.41) is 2.95. The summed E-state index contributed by atoms with van der Waals surface area (Å²) in [6.45, 7) is 1.86. The van der Waals surface area contributed by atoms with Crippen molar-refractivity contribution >= 4 is 21.8 Å². The summed E-state index contributed by atoms with van der Waals surface area (Å²) >= 11 is 3.41. The average Bonchev–Trinajstić information content (AvgIpc) is 3.18. The Hall–Kier alpha value is -2.60. The van der Waals surface area contributed by atoms with E-state index in [1.807, 2.05) is 47.2 Å². The number of nitrogens with zero attached hydrogens (tertiary/aromatic N) is 2. The van der Waals surface area contributed by atoms with Crippen LogP contribution in [0.3, 0.4) is 0 Å². The molecule has 0 fully saturated rings. The van der Waals surface area contributed by atoms with Crippen LogP contribution >= 0.6 is 15.9 Å². The van der Waals surface area contributed by atoms with Crippen LogP contribution in [0.1, 0.15) is 24.0 Å². The van der Waals surface area contributed by atoms with Crippen molar-refractivity contribution in [3.63, 3.8) is 0 Å². The highest BCUT2D eigenvalue weighted by Gasteiger charge is 2.03. The van der Waals surface area contributed by atoms with Gasteiger partial charge in [-0.25, -0.2) is 4.98 Å². The Morgan fingerprint density at radius 1 is 1.15 bits per heavy atom. The van der Waals surface area contributed by atoms with Gasteiger partial charge in [0.15, 0.2) is 0 Å². The zero-order chi connectivity index (χ0) is 18.9. The van der Waals surface area contributed by atoms with Crippen LogP contribution in [0, 0.1) is 0 Å². The van der Waals surface area contributed by atoms with Crippen molar-refractivity contribution in [2.75, 3.05) is 6.61 Å². The number of halogens is 1. The fourth-order valence-electron chi connectivity index (χ4n) is 2.62. The maximum atomic E-state index is 12.0. The van der Waals surface area contributed by atoms with Gasteiger partial charge in [-0.05, 0) is 35.7 Å². The molecule has 3 rings (SSSR count). The molecule has 140 valence electrons. The van der Waals surface area contributed by atoms with E-state index in [4.69, 9.17) is 4.74 Å². The number of carbonyl (C=O) groups is 1. The molecule has 0 aliphatic rings. The molecule has 1 N–H and O–H groups in total. The monoisotopic (exact) mass is 427 g/mol. The maximum Gasteiger partial charge on any atom is 0.220 e. The predicted octanol–water partition coefficient (Wildman–Crippen LogP) is 4.17. The first-order chi connectivity index (χ1) is 13.2. The highest BCUT2D eigenvalue weighted by molar-refractivity contribution is 9.10. The molecule has 0 saturated heterocycles. The second-order valence-corrected chi connectivity index (χ2v) is 7.15. The Morgan fingerprint density at radius 2 is 1.96 bits per heavy atom. The number of amides is 1. The van der Waals surface area contributed by atoms with Crippen LogP contribution < -0.4 is 10.1 Å². The Bertz CT molecular complexity index is 848. The van der Waals surface area contributed by atoms with Gasteiger partial charge in [0.2, 0.25) is 5.91 Å². The molecular weight excluding hydrogens is 406 g/mol. The lowest BCUT2D eigenvalue weighted by Crippen LogP contribution is -2.23. The number of benzene rings is 2. The minimum Gasteiger partial charge on any atom is -0.494 e. The smallest absolute Gasteiger partial charge is 0.220 e. The number of hydrogen-bond donors (Lipinski definition) is 1. The minimum absolute atomic E-state index is 0.0373. The summed E-state index contributed by atoms with van der Waals surface area (Å²) in [7, 11) is 0. The molecule has 1 aromatic heterocycles. The van der Waals surface area contributed by atoms with Crippen molar-refractivity contribution < 1.29 is 9.53 Å². The topological polar surface area (TPSA) is 56.1 Å². The first-order valence-corrected chi connectivity index (χ1v) is 9.67. The lowest BCUT2D eigenvalue weighted by atomic mass is 10.1. The molecule has 0 aliphatic carbocycles. The van der Waals surface area contributed by atoms with Gasteiger partial charge in [-0.1, -0.05) is 46.3 Å². The van der Waals surface area contributed by atoms with E-state index in [9.17, 15) is 4.79 Å². The summed E-state index contributed by atoms with van der Waals surface area (Å²) in [4.78, 5) is 16.0. The van der Waals surface area contributed by atoms with Crippen LogP contribution in [0.4, 0.5) is 0 Å². The van der Waals surface area contributed by atoms with Gasteiger partial charge in [0, 0.05) is 36.4 Å². The lowest BCUT2D eigenvalue weighted by Gasteiger charge is -2.08. The first-order valence-electron chi connectivity index (χ1n) is 8.88. The minimum atomic E-state index is 0.0373. The second kappa shape index (κ2) is 9.92. The van der Waals surface area contributed by atoms with E-state index >= 15 is 0 Å². The molecule has 0 aliphatic heterocycles. The van der Waals surface area contributed by atoms with E-state index in [-0.39, 0.29) is 5.91 Å². The van der Waals surface area contributed by atoms with Crippen LogP contribution in [0.15, 0.2) is 71.7 Å². The van der Waals surface area contributed by atoms with Crippen molar-refractivity contribution in [3.8, 4) is 5.75 Å². The van der Waals surface area contributed by atoms with E-state index in [1.54, 1.807) is 12.5 Å². The Balaban J connectivity index is 1.34. The van der Waals surface area contributed by atoms with Gasteiger partial charge < -0.3 is 14.6 Å². The molecule has 0 bridgehead atoms. The highest BCUT2D eigenvalue weighted by atomic mass is 79.9. The maximum absolute atomic E-state index is 12.0. The van der Waals surface area contributed by atoms with Crippen LogP contribution in [-0.4, -0.2) is 22.1 Å². The fourth-order valence-corrected chi connectivity index (χ4v) is 3.00. The third-order valence-corrected chi connectivity index (χ3v) is 4.54. The molecule has 0 atom stereocenters. The van der Waals surface area contributed by atoms with Gasteiger partial charge in [-0.15, -0.1) is 0 Å². The molecule has 0 radical (unpaired) electrons. The van der Waals surface area contributed by atoms with Crippen molar-refractivity contribution in [1.82, 2.24) is 14.9 Å². The first kappa shape index (κ1) is 19.2. The van der Waals surface area contributed by atoms with Crippen LogP contribution in [-0.2, 0) is 17.9 Å². The molecule has 5 nitrogen and oxygen atoms in total. The van der Waals surface area contributed by atoms with Gasteiger partial charge >= 0.3 is 0 Å². The Labute approximate surface area is 167 Å². The third kappa shape index (κ3) is 6.57. The molecule has 0 spiro atoms. The third-order valence-electron chi connectivity index (χ3n) is 4.05. The van der Waals surface area contributed by atoms with Crippen molar-refractivity contribution in [3.05, 3.63) is 82.9 Å². The van der Waals surface area contributed by atoms with E-state index in [0.717, 1.165) is 22.3 Å². The highest BCUT2D eigenvalue weighted by Crippen LogP contribution is 2.17. The predicted molar refractivity (Wildman–Crippen MR) is 108 cm³/mol. The zero-order valence-electron chi connectivity index (χ0n) is 15.0. The molecule has 0 unspecified atom stereocenters. The van der Waals surface area contributed by atoms with Crippen molar-refractivity contribution in [1.29, 1.82) is 0 Å². The average molecular weight is 428 g/mol. The number of aromatic nitrogens is 2. The van der Waals surface area contributed by atoms with Gasteiger partial charge in [-0.2, -0.15) is 0 Å². The summed E-state index contributed by atoms with van der Waals surface area (Å²) in [6, 6.07) is 15.9. The van der Waals surface area contributed by atoms with Gasteiger partial charge in [-0.3, -0.25) is 4.79 Å². The molecule has 1 amide bonds. The molecule has 2 aromatic carbocycles. The quantitative estimate of drug-likeness (QED) is 0.521. The molecule has 6 heteroatoms. The van der Waals surface area contributed by atoms with E-state index in [0.29, 0.717) is 26.0 Å². The van der Waals surface area contributed by atoms with Crippen molar-refractivity contribution in [2.24, 2.45) is 0 Å². The number of rotatable bonds is 9. The summed E-state index contributed by atoms with van der Waals surface area (Å²) in [6.07, 6.45) is 6.64. The van der Waals surface area contributed by atoms with Crippen LogP contribution in [0.25, 0.3) is 0 Å². The number of ether oxygens (including phenoxy) is 1.